The topological polar surface area (TPSA) is 76.8 Å². The number of carbonyl (C=O) groups excluding carboxylic acids is 2. The molecule has 1 aromatic carbocycles. The number of carbonyl (C=O) groups is 2. The highest BCUT2D eigenvalue weighted by molar-refractivity contribution is 5.94. The van der Waals surface area contributed by atoms with Crippen LogP contribution in [0.15, 0.2) is 48.7 Å². The summed E-state index contributed by atoms with van der Waals surface area (Å²) in [7, 11) is 0. The number of nitrogens with zero attached hydrogens (tertiary/aromatic N) is 4. The van der Waals surface area contributed by atoms with Gasteiger partial charge in [-0.15, -0.1) is 10.2 Å². The minimum absolute atomic E-state index is 0.00277. The normalized spacial score (nSPS) is 16.9. The molecule has 3 heterocycles. The first-order valence-corrected chi connectivity index (χ1v) is 9.43. The largest absolute Gasteiger partial charge is 0.484 e. The van der Waals surface area contributed by atoms with E-state index in [2.05, 4.69) is 10.2 Å². The molecule has 28 heavy (non-hydrogen) atoms. The number of likely N-dealkylation sites (tertiary alicyclic amines) is 1. The summed E-state index contributed by atoms with van der Waals surface area (Å²) in [6.07, 6.45) is 3.86. The van der Waals surface area contributed by atoms with Crippen LogP contribution in [-0.4, -0.2) is 50.9 Å². The lowest BCUT2D eigenvalue weighted by molar-refractivity contribution is -0.134. The fourth-order valence-corrected chi connectivity index (χ4v) is 3.57. The van der Waals surface area contributed by atoms with Crippen molar-refractivity contribution in [2.24, 2.45) is 0 Å². The molecule has 144 valence electrons. The van der Waals surface area contributed by atoms with E-state index in [4.69, 9.17) is 4.74 Å². The number of benzene rings is 1. The lowest BCUT2D eigenvalue weighted by Gasteiger charge is -2.31. The van der Waals surface area contributed by atoms with Gasteiger partial charge in [0.1, 0.15) is 11.6 Å². The van der Waals surface area contributed by atoms with Crippen molar-refractivity contribution in [3.05, 3.63) is 60.0 Å². The van der Waals surface area contributed by atoms with Gasteiger partial charge in [-0.1, -0.05) is 6.07 Å². The molecule has 0 N–H and O–H groups in total. The molecular formula is C21H22N4O3. The van der Waals surface area contributed by atoms with E-state index in [0.29, 0.717) is 17.9 Å². The predicted octanol–water partition coefficient (Wildman–Crippen LogP) is 2.72. The number of ketones is 1. The van der Waals surface area contributed by atoms with Crippen molar-refractivity contribution in [3.8, 4) is 5.75 Å². The third-order valence-electron chi connectivity index (χ3n) is 5.10. The summed E-state index contributed by atoms with van der Waals surface area (Å²) >= 11 is 0. The maximum atomic E-state index is 12.6. The summed E-state index contributed by atoms with van der Waals surface area (Å²) in [5, 5.41) is 8.56. The van der Waals surface area contributed by atoms with Crippen LogP contribution in [0.3, 0.4) is 0 Å². The minimum Gasteiger partial charge on any atom is -0.484 e. The SMILES string of the molecule is CC(=O)c1ccc(OCC(=O)N2CCC[C@@H](c3nnc4ccccn34)C2)cc1. The number of ether oxygens (including phenoxy) is 1. The van der Waals surface area contributed by atoms with E-state index in [9.17, 15) is 9.59 Å². The number of Topliss-reactive ketones (excluding diaryl/α,β-unsaturated/α-hetero) is 1. The monoisotopic (exact) mass is 378 g/mol. The van der Waals surface area contributed by atoms with Crippen LogP contribution in [0.25, 0.3) is 5.65 Å². The standard InChI is InChI=1S/C21H22N4O3/c1-15(26)16-7-9-18(10-8-16)28-14-20(27)24-11-4-5-17(13-24)21-23-22-19-6-2-3-12-25(19)21/h2-3,6-10,12,17H,4-5,11,13-14H2,1H3/t17-/m1/s1. The molecule has 1 saturated heterocycles. The number of hydrogen-bond acceptors (Lipinski definition) is 5. The van der Waals surface area contributed by atoms with Crippen LogP contribution < -0.4 is 4.74 Å². The number of aromatic nitrogens is 3. The van der Waals surface area contributed by atoms with Crippen LogP contribution in [0, 0.1) is 0 Å². The molecule has 0 aliphatic carbocycles. The smallest absolute Gasteiger partial charge is 0.260 e. The van der Waals surface area contributed by atoms with E-state index in [1.165, 1.54) is 6.92 Å². The Morgan fingerprint density at radius 3 is 2.75 bits per heavy atom. The van der Waals surface area contributed by atoms with Crippen molar-refractivity contribution in [1.82, 2.24) is 19.5 Å². The van der Waals surface area contributed by atoms with Gasteiger partial charge in [-0.05, 0) is 56.2 Å². The van der Waals surface area contributed by atoms with Gasteiger partial charge >= 0.3 is 0 Å². The van der Waals surface area contributed by atoms with Gasteiger partial charge in [-0.2, -0.15) is 0 Å². The van der Waals surface area contributed by atoms with Crippen LogP contribution in [0.1, 0.15) is 41.9 Å². The first kappa shape index (κ1) is 18.2. The zero-order valence-corrected chi connectivity index (χ0v) is 15.7. The second-order valence-corrected chi connectivity index (χ2v) is 7.04. The molecule has 0 unspecified atom stereocenters. The van der Waals surface area contributed by atoms with Gasteiger partial charge in [-0.25, -0.2) is 0 Å². The predicted molar refractivity (Wildman–Crippen MR) is 103 cm³/mol. The molecule has 0 saturated carbocycles. The average molecular weight is 378 g/mol. The summed E-state index contributed by atoms with van der Waals surface area (Å²) in [5.74, 6) is 1.59. The first-order valence-electron chi connectivity index (χ1n) is 9.43. The Morgan fingerprint density at radius 2 is 1.96 bits per heavy atom. The third kappa shape index (κ3) is 3.74. The Morgan fingerprint density at radius 1 is 1.14 bits per heavy atom. The molecule has 1 atom stereocenters. The lowest BCUT2D eigenvalue weighted by Crippen LogP contribution is -2.42. The number of amides is 1. The molecule has 0 spiro atoms. The Bertz CT molecular complexity index is 996. The highest BCUT2D eigenvalue weighted by atomic mass is 16.5. The molecule has 1 amide bonds. The van der Waals surface area contributed by atoms with Crippen LogP contribution in [0.5, 0.6) is 5.75 Å². The van der Waals surface area contributed by atoms with Gasteiger partial charge < -0.3 is 9.64 Å². The van der Waals surface area contributed by atoms with Crippen molar-refractivity contribution in [2.75, 3.05) is 19.7 Å². The number of pyridine rings is 1. The van der Waals surface area contributed by atoms with Crippen LogP contribution in [0.2, 0.25) is 0 Å². The number of rotatable bonds is 5. The number of hydrogen-bond donors (Lipinski definition) is 0. The quantitative estimate of drug-likeness (QED) is 0.638. The Kier molecular flexibility index (Phi) is 5.06. The maximum absolute atomic E-state index is 12.6. The summed E-state index contributed by atoms with van der Waals surface area (Å²) in [6.45, 7) is 2.83. The molecule has 1 aliphatic rings. The van der Waals surface area contributed by atoms with E-state index in [1.54, 1.807) is 24.3 Å². The van der Waals surface area contributed by atoms with Crippen molar-refractivity contribution in [3.63, 3.8) is 0 Å². The van der Waals surface area contributed by atoms with E-state index in [0.717, 1.165) is 30.9 Å². The van der Waals surface area contributed by atoms with Crippen LogP contribution >= 0.6 is 0 Å². The Hall–Kier alpha value is -3.22. The second-order valence-electron chi connectivity index (χ2n) is 7.04. The van der Waals surface area contributed by atoms with Gasteiger partial charge in [0.15, 0.2) is 18.0 Å². The first-order chi connectivity index (χ1) is 13.6. The van der Waals surface area contributed by atoms with Gasteiger partial charge in [0.05, 0.1) is 0 Å². The summed E-state index contributed by atoms with van der Waals surface area (Å²) in [5.41, 5.74) is 1.44. The fraction of sp³-hybridized carbons (Fsp3) is 0.333. The van der Waals surface area contributed by atoms with E-state index < -0.39 is 0 Å². The van der Waals surface area contributed by atoms with Crippen LogP contribution in [0.4, 0.5) is 0 Å². The van der Waals surface area contributed by atoms with Crippen molar-refractivity contribution in [1.29, 1.82) is 0 Å². The van der Waals surface area contributed by atoms with Crippen molar-refractivity contribution in [2.45, 2.75) is 25.7 Å². The van der Waals surface area contributed by atoms with Crippen molar-refractivity contribution < 1.29 is 14.3 Å². The van der Waals surface area contributed by atoms with E-state index in [-0.39, 0.29) is 24.2 Å². The lowest BCUT2D eigenvalue weighted by atomic mass is 9.97. The molecular weight excluding hydrogens is 356 g/mol. The van der Waals surface area contributed by atoms with Gasteiger partial charge in [0.2, 0.25) is 0 Å². The third-order valence-corrected chi connectivity index (χ3v) is 5.10. The molecule has 2 aromatic heterocycles. The Balaban J connectivity index is 1.38. The molecule has 4 rings (SSSR count). The van der Waals surface area contributed by atoms with Crippen LogP contribution in [-0.2, 0) is 4.79 Å². The highest BCUT2D eigenvalue weighted by Crippen LogP contribution is 2.26. The molecule has 3 aromatic rings. The van der Waals surface area contributed by atoms with Gasteiger partial charge in [0, 0.05) is 30.8 Å². The maximum Gasteiger partial charge on any atom is 0.260 e. The zero-order valence-electron chi connectivity index (χ0n) is 15.7. The highest BCUT2D eigenvalue weighted by Gasteiger charge is 2.28. The van der Waals surface area contributed by atoms with Gasteiger partial charge in [-0.3, -0.25) is 14.0 Å². The Labute approximate surface area is 162 Å². The zero-order chi connectivity index (χ0) is 19.5. The van der Waals surface area contributed by atoms with Crippen molar-refractivity contribution >= 4 is 17.3 Å². The molecule has 1 fully saturated rings. The number of piperidine rings is 1. The van der Waals surface area contributed by atoms with E-state index >= 15 is 0 Å². The summed E-state index contributed by atoms with van der Waals surface area (Å²) in [4.78, 5) is 25.8. The van der Waals surface area contributed by atoms with E-state index in [1.807, 2.05) is 33.7 Å². The molecule has 0 bridgehead atoms. The second kappa shape index (κ2) is 7.80. The van der Waals surface area contributed by atoms with Gasteiger partial charge in [0.25, 0.3) is 5.91 Å². The summed E-state index contributed by atoms with van der Waals surface area (Å²) < 4.78 is 7.61. The molecule has 7 heteroatoms. The molecule has 1 aliphatic heterocycles. The average Bonchev–Trinajstić information content (AvgIpc) is 3.16. The summed E-state index contributed by atoms with van der Waals surface area (Å²) in [6, 6.07) is 12.6. The minimum atomic E-state index is -0.0471. The molecule has 0 radical (unpaired) electrons. The molecule has 7 nitrogen and oxygen atoms in total. The number of fused-ring (bicyclic) bond motifs is 1. The fourth-order valence-electron chi connectivity index (χ4n) is 3.57.